The molecule has 0 aromatic rings. The highest BCUT2D eigenvalue weighted by Gasteiger charge is 2.21. The molecular weight excluding hydrogens is 220 g/mol. The number of hydrogen-bond acceptors (Lipinski definition) is 2. The Kier molecular flexibility index (Phi) is 6.66. The SMILES string of the molecule is C=CC[C@H](C)[C@@H](C)NC1CCN(CC(=C)C)CC1. The topological polar surface area (TPSA) is 15.3 Å². The highest BCUT2D eigenvalue weighted by atomic mass is 15.1. The molecule has 18 heavy (non-hydrogen) atoms. The van der Waals surface area contributed by atoms with Crippen LogP contribution in [0, 0.1) is 5.92 Å². The number of hydrogen-bond donors (Lipinski definition) is 1. The lowest BCUT2D eigenvalue weighted by Gasteiger charge is -2.35. The number of nitrogens with one attached hydrogen (secondary N) is 1. The highest BCUT2D eigenvalue weighted by molar-refractivity contribution is 4.93. The van der Waals surface area contributed by atoms with E-state index in [1.165, 1.54) is 31.5 Å². The van der Waals surface area contributed by atoms with Gasteiger partial charge in [-0.2, -0.15) is 0 Å². The monoisotopic (exact) mass is 250 g/mol. The standard InChI is InChI=1S/C16H30N2/c1-6-7-14(4)15(5)17-16-8-10-18(11-9-16)12-13(2)3/h6,14-17H,1-2,7-12H2,3-5H3/t14-,15+/m0/s1. The van der Waals surface area contributed by atoms with Gasteiger partial charge in [0.2, 0.25) is 0 Å². The van der Waals surface area contributed by atoms with Crippen molar-refractivity contribution in [2.45, 2.75) is 52.1 Å². The molecule has 0 bridgehead atoms. The van der Waals surface area contributed by atoms with Gasteiger partial charge >= 0.3 is 0 Å². The fraction of sp³-hybridized carbons (Fsp3) is 0.750. The summed E-state index contributed by atoms with van der Waals surface area (Å²) in [6.45, 7) is 18.0. The Balaban J connectivity index is 2.26. The third-order valence-electron chi connectivity index (χ3n) is 3.97. The second-order valence-corrected chi connectivity index (χ2v) is 5.96. The number of piperidine rings is 1. The molecule has 2 nitrogen and oxygen atoms in total. The summed E-state index contributed by atoms with van der Waals surface area (Å²) in [5, 5.41) is 3.78. The van der Waals surface area contributed by atoms with Crippen LogP contribution in [0.15, 0.2) is 24.8 Å². The van der Waals surface area contributed by atoms with Crippen molar-refractivity contribution in [2.75, 3.05) is 19.6 Å². The summed E-state index contributed by atoms with van der Waals surface area (Å²) in [6.07, 6.45) is 5.65. The molecule has 104 valence electrons. The summed E-state index contributed by atoms with van der Waals surface area (Å²) in [5.41, 5.74) is 1.27. The molecule has 0 amide bonds. The summed E-state index contributed by atoms with van der Waals surface area (Å²) in [4.78, 5) is 2.51. The molecule has 1 rings (SSSR count). The van der Waals surface area contributed by atoms with E-state index in [1.54, 1.807) is 0 Å². The summed E-state index contributed by atoms with van der Waals surface area (Å²) < 4.78 is 0. The minimum atomic E-state index is 0.584. The van der Waals surface area contributed by atoms with E-state index in [0.29, 0.717) is 18.0 Å². The molecule has 1 heterocycles. The third kappa shape index (κ3) is 5.36. The summed E-state index contributed by atoms with van der Waals surface area (Å²) >= 11 is 0. The quantitative estimate of drug-likeness (QED) is 0.698. The Morgan fingerprint density at radius 3 is 2.50 bits per heavy atom. The first-order chi connectivity index (χ1) is 8.52. The van der Waals surface area contributed by atoms with Crippen LogP contribution in [0.3, 0.4) is 0 Å². The van der Waals surface area contributed by atoms with Gasteiger partial charge < -0.3 is 5.32 Å². The predicted molar refractivity (Wildman–Crippen MR) is 80.9 cm³/mol. The fourth-order valence-electron chi connectivity index (χ4n) is 2.64. The summed E-state index contributed by atoms with van der Waals surface area (Å²) in [6, 6.07) is 1.27. The van der Waals surface area contributed by atoms with Crippen LogP contribution in [0.5, 0.6) is 0 Å². The maximum Gasteiger partial charge on any atom is 0.0187 e. The second-order valence-electron chi connectivity index (χ2n) is 5.96. The lowest BCUT2D eigenvalue weighted by molar-refractivity contribution is 0.197. The van der Waals surface area contributed by atoms with Crippen molar-refractivity contribution in [1.82, 2.24) is 10.2 Å². The van der Waals surface area contributed by atoms with Crippen LogP contribution in [-0.4, -0.2) is 36.6 Å². The number of likely N-dealkylation sites (tertiary alicyclic amines) is 1. The zero-order valence-corrected chi connectivity index (χ0v) is 12.4. The van der Waals surface area contributed by atoms with E-state index in [-0.39, 0.29) is 0 Å². The average Bonchev–Trinajstić information content (AvgIpc) is 2.31. The molecule has 0 unspecified atom stereocenters. The van der Waals surface area contributed by atoms with E-state index in [2.05, 4.69) is 44.1 Å². The molecule has 2 heteroatoms. The van der Waals surface area contributed by atoms with Crippen LogP contribution in [0.1, 0.15) is 40.0 Å². The van der Waals surface area contributed by atoms with Crippen LogP contribution in [0.4, 0.5) is 0 Å². The zero-order valence-electron chi connectivity index (χ0n) is 12.4. The number of allylic oxidation sites excluding steroid dienone is 1. The van der Waals surface area contributed by atoms with Gasteiger partial charge in [0.1, 0.15) is 0 Å². The van der Waals surface area contributed by atoms with Crippen molar-refractivity contribution in [3.05, 3.63) is 24.8 Å². The van der Waals surface area contributed by atoms with Crippen LogP contribution < -0.4 is 5.32 Å². The van der Waals surface area contributed by atoms with E-state index in [4.69, 9.17) is 0 Å². The normalized spacial score (nSPS) is 21.5. The summed E-state index contributed by atoms with van der Waals surface area (Å²) in [5.74, 6) is 0.677. The maximum atomic E-state index is 3.99. The van der Waals surface area contributed by atoms with Crippen molar-refractivity contribution in [2.24, 2.45) is 5.92 Å². The lowest BCUT2D eigenvalue weighted by Crippen LogP contribution is -2.47. The van der Waals surface area contributed by atoms with Crippen LogP contribution >= 0.6 is 0 Å². The first kappa shape index (κ1) is 15.5. The van der Waals surface area contributed by atoms with Crippen LogP contribution in [0.2, 0.25) is 0 Å². The fourth-order valence-corrected chi connectivity index (χ4v) is 2.64. The lowest BCUT2D eigenvalue weighted by atomic mass is 9.96. The average molecular weight is 250 g/mol. The number of rotatable bonds is 7. The van der Waals surface area contributed by atoms with E-state index >= 15 is 0 Å². The van der Waals surface area contributed by atoms with Gasteiger partial charge in [-0.15, -0.1) is 6.58 Å². The minimum absolute atomic E-state index is 0.584. The molecule has 1 aliphatic heterocycles. The molecule has 0 spiro atoms. The largest absolute Gasteiger partial charge is 0.311 e. The predicted octanol–water partition coefficient (Wildman–Crippen LogP) is 3.22. The van der Waals surface area contributed by atoms with E-state index in [1.807, 2.05) is 6.08 Å². The van der Waals surface area contributed by atoms with E-state index in [0.717, 1.165) is 13.0 Å². The van der Waals surface area contributed by atoms with Gasteiger partial charge in [0.15, 0.2) is 0 Å². The van der Waals surface area contributed by atoms with Gasteiger partial charge in [-0.25, -0.2) is 0 Å². The Morgan fingerprint density at radius 1 is 1.39 bits per heavy atom. The number of nitrogens with zero attached hydrogens (tertiary/aromatic N) is 1. The molecule has 1 saturated heterocycles. The minimum Gasteiger partial charge on any atom is -0.311 e. The van der Waals surface area contributed by atoms with Gasteiger partial charge in [0, 0.05) is 18.6 Å². The van der Waals surface area contributed by atoms with Crippen molar-refractivity contribution in [3.63, 3.8) is 0 Å². The second kappa shape index (κ2) is 7.75. The molecule has 1 N–H and O–H groups in total. The highest BCUT2D eigenvalue weighted by Crippen LogP contribution is 2.15. The zero-order chi connectivity index (χ0) is 13.5. The molecule has 0 aromatic heterocycles. The molecule has 0 saturated carbocycles. The van der Waals surface area contributed by atoms with Crippen LogP contribution in [0.25, 0.3) is 0 Å². The van der Waals surface area contributed by atoms with Crippen LogP contribution in [-0.2, 0) is 0 Å². The van der Waals surface area contributed by atoms with E-state index < -0.39 is 0 Å². The van der Waals surface area contributed by atoms with Crippen molar-refractivity contribution < 1.29 is 0 Å². The van der Waals surface area contributed by atoms with Crippen molar-refractivity contribution >= 4 is 0 Å². The van der Waals surface area contributed by atoms with Gasteiger partial charge in [0.05, 0.1) is 0 Å². The van der Waals surface area contributed by atoms with Gasteiger partial charge in [-0.3, -0.25) is 4.90 Å². The smallest absolute Gasteiger partial charge is 0.0187 e. The first-order valence-electron chi connectivity index (χ1n) is 7.26. The van der Waals surface area contributed by atoms with Gasteiger partial charge in [0.25, 0.3) is 0 Å². The maximum absolute atomic E-state index is 3.99. The molecular formula is C16H30N2. The van der Waals surface area contributed by atoms with Crippen molar-refractivity contribution in [3.8, 4) is 0 Å². The van der Waals surface area contributed by atoms with Crippen molar-refractivity contribution in [1.29, 1.82) is 0 Å². The summed E-state index contributed by atoms with van der Waals surface area (Å²) in [7, 11) is 0. The van der Waals surface area contributed by atoms with E-state index in [9.17, 15) is 0 Å². The molecule has 0 aliphatic carbocycles. The molecule has 2 atom stereocenters. The van der Waals surface area contributed by atoms with Gasteiger partial charge in [-0.05, 0) is 52.1 Å². The molecule has 0 aromatic carbocycles. The molecule has 1 aliphatic rings. The third-order valence-corrected chi connectivity index (χ3v) is 3.97. The Hall–Kier alpha value is -0.600. The first-order valence-corrected chi connectivity index (χ1v) is 7.26. The Labute approximate surface area is 113 Å². The molecule has 1 fully saturated rings. The van der Waals surface area contributed by atoms with Gasteiger partial charge in [-0.1, -0.05) is 25.2 Å². The Bertz CT molecular complexity index is 264. The Morgan fingerprint density at radius 2 is 2.00 bits per heavy atom. The molecule has 0 radical (unpaired) electrons.